The van der Waals surface area contributed by atoms with Crippen LogP contribution in [0.15, 0.2) is 39.4 Å². The Labute approximate surface area is 109 Å². The molecule has 1 heterocycles. The van der Waals surface area contributed by atoms with Gasteiger partial charge in [-0.3, -0.25) is 0 Å². The number of hydrogen-bond donors (Lipinski definition) is 1. The first-order valence-electron chi connectivity index (χ1n) is 5.31. The van der Waals surface area contributed by atoms with Crippen molar-refractivity contribution in [1.29, 1.82) is 0 Å². The quantitative estimate of drug-likeness (QED) is 0.927. The van der Waals surface area contributed by atoms with E-state index in [2.05, 4.69) is 27.3 Å². The summed E-state index contributed by atoms with van der Waals surface area (Å²) in [4.78, 5) is 0. The van der Waals surface area contributed by atoms with E-state index in [1.54, 1.807) is 13.4 Å². The summed E-state index contributed by atoms with van der Waals surface area (Å²) in [6, 6.07) is 7.90. The van der Waals surface area contributed by atoms with Crippen LogP contribution < -0.4 is 10.1 Å². The molecule has 0 atom stereocenters. The average molecular weight is 296 g/mol. The number of hydrogen-bond acceptors (Lipinski definition) is 3. The van der Waals surface area contributed by atoms with E-state index < -0.39 is 0 Å². The van der Waals surface area contributed by atoms with Crippen LogP contribution in [-0.4, -0.2) is 7.11 Å². The zero-order chi connectivity index (χ0) is 12.3. The fourth-order valence-electron chi connectivity index (χ4n) is 1.59. The van der Waals surface area contributed by atoms with Crippen molar-refractivity contribution >= 4 is 21.6 Å². The highest BCUT2D eigenvalue weighted by atomic mass is 79.9. The van der Waals surface area contributed by atoms with Gasteiger partial charge in [0.1, 0.15) is 11.5 Å². The maximum atomic E-state index is 5.34. The standard InChI is InChI=1S/C13H14BrNO2/c1-9-3-4-12(16-2)11(7-9)15-8-13-10(14)5-6-17-13/h3-7,15H,8H2,1-2H3. The van der Waals surface area contributed by atoms with Gasteiger partial charge in [-0.1, -0.05) is 6.07 Å². The van der Waals surface area contributed by atoms with Gasteiger partial charge >= 0.3 is 0 Å². The van der Waals surface area contributed by atoms with Crippen molar-refractivity contribution in [2.24, 2.45) is 0 Å². The summed E-state index contributed by atoms with van der Waals surface area (Å²) < 4.78 is 11.6. The van der Waals surface area contributed by atoms with E-state index in [-0.39, 0.29) is 0 Å². The second-order valence-corrected chi connectivity index (χ2v) is 4.60. The largest absolute Gasteiger partial charge is 0.495 e. The number of anilines is 1. The molecule has 1 aromatic heterocycles. The number of nitrogens with one attached hydrogen (secondary N) is 1. The lowest BCUT2D eigenvalue weighted by Crippen LogP contribution is -2.01. The van der Waals surface area contributed by atoms with Gasteiger partial charge in [0, 0.05) is 0 Å². The Morgan fingerprint density at radius 3 is 2.82 bits per heavy atom. The van der Waals surface area contributed by atoms with E-state index in [0.29, 0.717) is 6.54 Å². The Morgan fingerprint density at radius 1 is 1.35 bits per heavy atom. The van der Waals surface area contributed by atoms with Crippen LogP contribution in [0.2, 0.25) is 0 Å². The lowest BCUT2D eigenvalue weighted by atomic mass is 10.2. The van der Waals surface area contributed by atoms with Crippen molar-refractivity contribution in [3.63, 3.8) is 0 Å². The third kappa shape index (κ3) is 2.82. The zero-order valence-electron chi connectivity index (χ0n) is 9.79. The zero-order valence-corrected chi connectivity index (χ0v) is 11.4. The molecule has 0 saturated carbocycles. The molecule has 2 aromatic rings. The van der Waals surface area contributed by atoms with Crippen LogP contribution in [0.1, 0.15) is 11.3 Å². The monoisotopic (exact) mass is 295 g/mol. The Hall–Kier alpha value is -1.42. The predicted octanol–water partition coefficient (Wildman–Crippen LogP) is 3.97. The molecular weight excluding hydrogens is 282 g/mol. The van der Waals surface area contributed by atoms with E-state index in [0.717, 1.165) is 21.7 Å². The molecule has 0 unspecified atom stereocenters. The molecule has 0 saturated heterocycles. The summed E-state index contributed by atoms with van der Waals surface area (Å²) in [5.74, 6) is 1.70. The summed E-state index contributed by atoms with van der Waals surface area (Å²) >= 11 is 3.42. The molecule has 3 nitrogen and oxygen atoms in total. The molecule has 0 amide bonds. The van der Waals surface area contributed by atoms with Gasteiger partial charge in [-0.15, -0.1) is 0 Å². The molecule has 0 aliphatic heterocycles. The van der Waals surface area contributed by atoms with Crippen molar-refractivity contribution in [2.45, 2.75) is 13.5 Å². The van der Waals surface area contributed by atoms with E-state index in [9.17, 15) is 0 Å². The van der Waals surface area contributed by atoms with Crippen LogP contribution in [0.4, 0.5) is 5.69 Å². The van der Waals surface area contributed by atoms with Gasteiger partial charge < -0.3 is 14.5 Å². The maximum absolute atomic E-state index is 5.34. The third-order valence-corrected chi connectivity index (χ3v) is 3.19. The van der Waals surface area contributed by atoms with Crippen LogP contribution in [-0.2, 0) is 6.54 Å². The van der Waals surface area contributed by atoms with E-state index >= 15 is 0 Å². The van der Waals surface area contributed by atoms with E-state index in [1.165, 1.54) is 5.56 Å². The number of furan rings is 1. The smallest absolute Gasteiger partial charge is 0.141 e. The van der Waals surface area contributed by atoms with Crippen LogP contribution in [0, 0.1) is 6.92 Å². The summed E-state index contributed by atoms with van der Waals surface area (Å²) in [7, 11) is 1.67. The van der Waals surface area contributed by atoms with Crippen LogP contribution in [0.25, 0.3) is 0 Å². The average Bonchev–Trinajstić information content (AvgIpc) is 2.72. The minimum atomic E-state index is 0.618. The Morgan fingerprint density at radius 2 is 2.18 bits per heavy atom. The van der Waals surface area contributed by atoms with Crippen molar-refractivity contribution in [2.75, 3.05) is 12.4 Å². The Kier molecular flexibility index (Phi) is 3.74. The molecule has 0 bridgehead atoms. The highest BCUT2D eigenvalue weighted by molar-refractivity contribution is 9.10. The molecule has 0 aliphatic rings. The Balaban J connectivity index is 2.13. The number of aryl methyl sites for hydroxylation is 1. The van der Waals surface area contributed by atoms with Crippen LogP contribution in [0.5, 0.6) is 5.75 Å². The normalized spacial score (nSPS) is 10.3. The van der Waals surface area contributed by atoms with Crippen molar-refractivity contribution in [1.82, 2.24) is 0 Å². The van der Waals surface area contributed by atoms with Gasteiger partial charge in [-0.05, 0) is 46.6 Å². The second kappa shape index (κ2) is 5.27. The number of halogens is 1. The highest BCUT2D eigenvalue weighted by Gasteiger charge is 2.06. The first-order valence-corrected chi connectivity index (χ1v) is 6.10. The lowest BCUT2D eigenvalue weighted by molar-refractivity contribution is 0.416. The first kappa shape index (κ1) is 12.0. The molecule has 0 aliphatic carbocycles. The molecule has 90 valence electrons. The minimum Gasteiger partial charge on any atom is -0.495 e. The maximum Gasteiger partial charge on any atom is 0.141 e. The van der Waals surface area contributed by atoms with Gasteiger partial charge in [-0.2, -0.15) is 0 Å². The number of methoxy groups -OCH3 is 1. The van der Waals surface area contributed by atoms with Crippen molar-refractivity contribution in [3.05, 3.63) is 46.3 Å². The van der Waals surface area contributed by atoms with Crippen LogP contribution >= 0.6 is 15.9 Å². The van der Waals surface area contributed by atoms with Gasteiger partial charge in [0.25, 0.3) is 0 Å². The molecular formula is C13H14BrNO2. The van der Waals surface area contributed by atoms with E-state index in [4.69, 9.17) is 9.15 Å². The van der Waals surface area contributed by atoms with E-state index in [1.807, 2.05) is 25.1 Å². The molecule has 0 spiro atoms. The van der Waals surface area contributed by atoms with Gasteiger partial charge in [0.2, 0.25) is 0 Å². The summed E-state index contributed by atoms with van der Waals surface area (Å²) in [5, 5.41) is 3.30. The number of ether oxygens (including phenoxy) is 1. The van der Waals surface area contributed by atoms with Gasteiger partial charge in [-0.25, -0.2) is 0 Å². The minimum absolute atomic E-state index is 0.618. The first-order chi connectivity index (χ1) is 8.20. The van der Waals surface area contributed by atoms with Gasteiger partial charge in [0.05, 0.1) is 30.1 Å². The topological polar surface area (TPSA) is 34.4 Å². The van der Waals surface area contributed by atoms with Crippen molar-refractivity contribution < 1.29 is 9.15 Å². The lowest BCUT2D eigenvalue weighted by Gasteiger charge is -2.11. The number of benzene rings is 1. The molecule has 17 heavy (non-hydrogen) atoms. The molecule has 1 aromatic carbocycles. The third-order valence-electron chi connectivity index (χ3n) is 2.49. The highest BCUT2D eigenvalue weighted by Crippen LogP contribution is 2.26. The number of rotatable bonds is 4. The summed E-state index contributed by atoms with van der Waals surface area (Å²) in [6.07, 6.45) is 1.66. The van der Waals surface area contributed by atoms with Gasteiger partial charge in [0.15, 0.2) is 0 Å². The summed E-state index contributed by atoms with van der Waals surface area (Å²) in [6.45, 7) is 2.67. The van der Waals surface area contributed by atoms with Crippen LogP contribution in [0.3, 0.4) is 0 Å². The van der Waals surface area contributed by atoms with Crippen molar-refractivity contribution in [3.8, 4) is 5.75 Å². The molecule has 4 heteroatoms. The fraction of sp³-hybridized carbons (Fsp3) is 0.231. The Bertz CT molecular complexity index is 508. The molecule has 0 fully saturated rings. The molecule has 0 radical (unpaired) electrons. The fourth-order valence-corrected chi connectivity index (χ4v) is 1.93. The predicted molar refractivity (Wildman–Crippen MR) is 71.5 cm³/mol. The molecule has 2 rings (SSSR count). The summed E-state index contributed by atoms with van der Waals surface area (Å²) in [5.41, 5.74) is 2.16. The molecule has 1 N–H and O–H groups in total. The second-order valence-electron chi connectivity index (χ2n) is 3.75. The SMILES string of the molecule is COc1ccc(C)cc1NCc1occc1Br.